The fraction of sp³-hybridized carbons (Fsp3) is 0. The molecule has 0 aliphatic rings. The summed E-state index contributed by atoms with van der Waals surface area (Å²) in [6.07, 6.45) is 0. The Morgan fingerprint density at radius 2 is 0.333 bits per heavy atom. The van der Waals surface area contributed by atoms with Crippen LogP contribution in [-0.4, -0.2) is 21.9 Å². The fourth-order valence-corrected chi connectivity index (χ4v) is 0. The third kappa shape index (κ3) is 101. The minimum Gasteiger partial charge on any atom is -0.870 e. The molecule has 0 unspecified atom stereocenters. The predicted molar refractivity (Wildman–Crippen MR) is 7.74 cm³/mol. The van der Waals surface area contributed by atoms with Crippen LogP contribution in [0.2, 0.25) is 0 Å². The predicted octanol–water partition coefficient (Wildman–Crippen LogP) is -12.7. The zero-order valence-electron chi connectivity index (χ0n) is 6.29. The van der Waals surface area contributed by atoms with Gasteiger partial charge >= 0.3 is 75.4 Å². The first-order chi connectivity index (χ1) is 0. The molecule has 36 valence electrons. The van der Waals surface area contributed by atoms with E-state index in [0.29, 0.717) is 0 Å². The average molecular weight is 144 g/mol. The maximum absolute atomic E-state index is 0. The van der Waals surface area contributed by atoms with Gasteiger partial charge in [-0.3, -0.25) is 0 Å². The first kappa shape index (κ1) is 165. The average Bonchev–Trinajstić information content (AvgIpc) is 0. The first-order valence-electron chi connectivity index (χ1n) is 0. The van der Waals surface area contributed by atoms with E-state index in [1.165, 1.54) is 0 Å². The molecule has 0 spiro atoms. The van der Waals surface area contributed by atoms with Crippen LogP contribution in [0.1, 0.15) is 0 Å². The van der Waals surface area contributed by atoms with E-state index in [0.717, 1.165) is 0 Å². The Kier molecular flexibility index (Phi) is 2290. The molecule has 0 amide bonds. The summed E-state index contributed by atoms with van der Waals surface area (Å²) < 4.78 is 0. The van der Waals surface area contributed by atoms with Gasteiger partial charge in [0.1, 0.15) is 0 Å². The molecule has 0 atom stereocenters. The van der Waals surface area contributed by atoms with Crippen molar-refractivity contribution in [2.75, 3.05) is 0 Å². The van der Waals surface area contributed by atoms with Crippen molar-refractivity contribution in [1.29, 1.82) is 0 Å². The zero-order valence-corrected chi connectivity index (χ0v) is 7.85. The molecule has 0 aromatic rings. The van der Waals surface area contributed by atoms with Crippen molar-refractivity contribution < 1.29 is 119 Å². The van der Waals surface area contributed by atoms with E-state index in [9.17, 15) is 0 Å². The second-order valence-corrected chi connectivity index (χ2v) is 0. The molecule has 0 saturated carbocycles. The molecule has 0 bridgehead atoms. The third-order valence-electron chi connectivity index (χ3n) is 0. The van der Waals surface area contributed by atoms with Crippen molar-refractivity contribution in [3.63, 3.8) is 0 Å². The quantitative estimate of drug-likeness (QED) is 0.313. The topological polar surface area (TPSA) is 120 Å². The largest absolute Gasteiger partial charge is 1.00 e. The SMILES string of the molecule is [Li+].[Li+].[Li+].[Li+].[OH-].[OH-].[OH-].[OH-].[Ti]. The minimum absolute atomic E-state index is 0. The number of hydrogen-bond donors (Lipinski definition) is 0. The van der Waals surface area contributed by atoms with Crippen LogP contribution in [-0.2, 0) is 21.7 Å². The summed E-state index contributed by atoms with van der Waals surface area (Å²) in [5, 5.41) is 0. The van der Waals surface area contributed by atoms with Gasteiger partial charge in [-0.2, -0.15) is 0 Å². The molecular formula is H4Li4O4Ti. The maximum atomic E-state index is 0. The van der Waals surface area contributed by atoms with Gasteiger partial charge in [-0.15, -0.1) is 0 Å². The van der Waals surface area contributed by atoms with Crippen LogP contribution in [0.4, 0.5) is 0 Å². The smallest absolute Gasteiger partial charge is 0.870 e. The van der Waals surface area contributed by atoms with Crippen LogP contribution in [0.25, 0.3) is 0 Å². The van der Waals surface area contributed by atoms with Gasteiger partial charge in [0.05, 0.1) is 0 Å². The van der Waals surface area contributed by atoms with Crippen molar-refractivity contribution in [1.82, 2.24) is 0 Å². The molecule has 0 rings (SSSR count). The van der Waals surface area contributed by atoms with Gasteiger partial charge in [-0.25, -0.2) is 0 Å². The van der Waals surface area contributed by atoms with E-state index in [1.807, 2.05) is 0 Å². The fourth-order valence-electron chi connectivity index (χ4n) is 0. The van der Waals surface area contributed by atoms with Crippen molar-refractivity contribution in [2.24, 2.45) is 0 Å². The maximum Gasteiger partial charge on any atom is 1.00 e. The Morgan fingerprint density at radius 3 is 0.333 bits per heavy atom. The van der Waals surface area contributed by atoms with E-state index in [4.69, 9.17) is 0 Å². The summed E-state index contributed by atoms with van der Waals surface area (Å²) in [6, 6.07) is 0. The van der Waals surface area contributed by atoms with Crippen molar-refractivity contribution in [3.8, 4) is 0 Å². The van der Waals surface area contributed by atoms with Crippen molar-refractivity contribution >= 4 is 0 Å². The van der Waals surface area contributed by atoms with Gasteiger partial charge in [0.15, 0.2) is 0 Å². The summed E-state index contributed by atoms with van der Waals surface area (Å²) >= 11 is 0. The Labute approximate surface area is 117 Å². The van der Waals surface area contributed by atoms with Gasteiger partial charge in [0.2, 0.25) is 0 Å². The molecule has 0 saturated heterocycles. The van der Waals surface area contributed by atoms with Gasteiger partial charge in [0.25, 0.3) is 0 Å². The van der Waals surface area contributed by atoms with Gasteiger partial charge in [-0.1, -0.05) is 0 Å². The summed E-state index contributed by atoms with van der Waals surface area (Å²) in [7, 11) is 0. The van der Waals surface area contributed by atoms with Gasteiger partial charge < -0.3 is 21.9 Å². The van der Waals surface area contributed by atoms with E-state index < -0.39 is 0 Å². The van der Waals surface area contributed by atoms with E-state index in [-0.39, 0.29) is 119 Å². The molecular weight excluding hydrogens is 140 g/mol. The zero-order chi connectivity index (χ0) is 0. The van der Waals surface area contributed by atoms with Gasteiger partial charge in [0, 0.05) is 21.7 Å². The first-order valence-corrected chi connectivity index (χ1v) is 0. The van der Waals surface area contributed by atoms with Crippen LogP contribution in [0.5, 0.6) is 0 Å². The second-order valence-electron chi connectivity index (χ2n) is 0. The Hall–Kier alpha value is 2.94. The Morgan fingerprint density at radius 1 is 0.333 bits per heavy atom. The molecule has 0 aromatic heterocycles. The normalized spacial score (nSPS) is 0. The number of hydrogen-bond acceptors (Lipinski definition) is 4. The molecule has 9 heavy (non-hydrogen) atoms. The van der Waals surface area contributed by atoms with Crippen LogP contribution in [0.3, 0.4) is 0 Å². The van der Waals surface area contributed by atoms with Crippen LogP contribution in [0, 0.1) is 0 Å². The molecule has 0 aliphatic heterocycles. The second kappa shape index (κ2) is 125. The molecule has 0 heterocycles. The number of rotatable bonds is 0. The molecule has 4 nitrogen and oxygen atoms in total. The van der Waals surface area contributed by atoms with E-state index in [1.54, 1.807) is 0 Å². The molecule has 0 radical (unpaired) electrons. The van der Waals surface area contributed by atoms with Crippen molar-refractivity contribution in [2.45, 2.75) is 0 Å². The van der Waals surface area contributed by atoms with Gasteiger partial charge in [-0.05, 0) is 0 Å². The summed E-state index contributed by atoms with van der Waals surface area (Å²) in [5.74, 6) is 0. The third-order valence-corrected chi connectivity index (χ3v) is 0. The molecule has 4 N–H and O–H groups in total. The molecule has 9 heteroatoms. The molecule has 0 aromatic carbocycles. The standard InChI is InChI=1S/4Li.4H2O.Ti/h;;;;4*1H2;/q4*+1;;;;;/p-4. The van der Waals surface area contributed by atoms with E-state index in [2.05, 4.69) is 0 Å². The Bertz CT molecular complexity index is 12.5. The van der Waals surface area contributed by atoms with Crippen LogP contribution < -0.4 is 75.4 Å². The molecule has 0 aliphatic carbocycles. The summed E-state index contributed by atoms with van der Waals surface area (Å²) in [4.78, 5) is 0. The van der Waals surface area contributed by atoms with Crippen molar-refractivity contribution in [3.05, 3.63) is 0 Å². The molecule has 0 fully saturated rings. The van der Waals surface area contributed by atoms with Crippen LogP contribution in [0.15, 0.2) is 0 Å². The summed E-state index contributed by atoms with van der Waals surface area (Å²) in [6.45, 7) is 0. The Balaban J connectivity index is 0. The summed E-state index contributed by atoms with van der Waals surface area (Å²) in [5.41, 5.74) is 0. The monoisotopic (exact) mass is 144 g/mol. The van der Waals surface area contributed by atoms with E-state index >= 15 is 0 Å². The minimum atomic E-state index is 0. The van der Waals surface area contributed by atoms with Crippen LogP contribution >= 0.6 is 0 Å².